The Morgan fingerprint density at radius 1 is 0.818 bits per heavy atom. The highest BCUT2D eigenvalue weighted by Gasteiger charge is 2.20. The minimum Gasteiger partial charge on any atom is -0.489 e. The van der Waals surface area contributed by atoms with Crippen molar-refractivity contribution in [2.24, 2.45) is 5.16 Å². The number of hydrogen-bond donors (Lipinski definition) is 0. The topological polar surface area (TPSA) is 175 Å². The molecule has 1 aromatic heterocycles. The van der Waals surface area contributed by atoms with E-state index in [2.05, 4.69) is 5.16 Å². The standard InChI is InChI=1S/C41H41N3O11/c1-26(25-51-4)54-40(47)12-8-7-11-39(46)53-22-21-52-38-10-6-5-9-33(38)41(48)30-14-20-37-35(24-30)34-23-29(27(2)42-55-28(3)45)13-19-36(34)43(37)31-15-17-32(18-16-31)44(49)50/h5-6,9-10,13-20,23-24,26H,7-8,11-12,21-22,25H2,1-4H3/b42-27+. The van der Waals surface area contributed by atoms with E-state index in [4.69, 9.17) is 23.8 Å². The summed E-state index contributed by atoms with van der Waals surface area (Å²) in [6, 6.07) is 23.9. The van der Waals surface area contributed by atoms with Gasteiger partial charge in [-0.1, -0.05) is 23.4 Å². The van der Waals surface area contributed by atoms with Crippen molar-refractivity contribution in [1.82, 2.24) is 4.57 Å². The summed E-state index contributed by atoms with van der Waals surface area (Å²) in [5.41, 5.74) is 3.98. The highest BCUT2D eigenvalue weighted by molar-refractivity contribution is 6.17. The number of fused-ring (bicyclic) bond motifs is 3. The molecular formula is C41H41N3O11. The summed E-state index contributed by atoms with van der Waals surface area (Å²) in [6.45, 7) is 5.00. The maximum absolute atomic E-state index is 14.0. The van der Waals surface area contributed by atoms with Crippen molar-refractivity contribution in [2.45, 2.75) is 52.6 Å². The van der Waals surface area contributed by atoms with Crippen LogP contribution in [0.25, 0.3) is 27.5 Å². The number of rotatable bonds is 18. The predicted molar refractivity (Wildman–Crippen MR) is 204 cm³/mol. The number of nitro benzene ring substituents is 1. The van der Waals surface area contributed by atoms with Gasteiger partial charge in [-0.2, -0.15) is 0 Å². The largest absolute Gasteiger partial charge is 0.489 e. The fourth-order valence-electron chi connectivity index (χ4n) is 5.98. The summed E-state index contributed by atoms with van der Waals surface area (Å²) in [5, 5.41) is 16.8. The van der Waals surface area contributed by atoms with E-state index in [1.807, 2.05) is 28.8 Å². The first kappa shape index (κ1) is 39.8. The molecule has 1 heterocycles. The molecule has 14 heteroatoms. The van der Waals surface area contributed by atoms with E-state index in [1.165, 1.54) is 26.2 Å². The zero-order chi connectivity index (χ0) is 39.5. The first-order valence-electron chi connectivity index (χ1n) is 17.6. The SMILES string of the molecule is COCC(C)OC(=O)CCCCC(=O)OCCOc1ccccc1C(=O)c1ccc2c(c1)c1cc(/C(C)=N/OC(C)=O)ccc1n2-c1ccc([N+](=O)[O-])cc1. The van der Waals surface area contributed by atoms with Gasteiger partial charge < -0.3 is 28.4 Å². The number of methoxy groups -OCH3 is 1. The Bertz CT molecular complexity index is 2240. The number of ketones is 1. The van der Waals surface area contributed by atoms with Gasteiger partial charge in [-0.3, -0.25) is 24.5 Å². The van der Waals surface area contributed by atoms with Crippen LogP contribution < -0.4 is 4.74 Å². The Kier molecular flexibility index (Phi) is 13.4. The summed E-state index contributed by atoms with van der Waals surface area (Å²) >= 11 is 0. The van der Waals surface area contributed by atoms with E-state index in [-0.39, 0.29) is 49.6 Å². The minimum atomic E-state index is -0.555. The summed E-state index contributed by atoms with van der Waals surface area (Å²) in [4.78, 5) is 65.3. The number of unbranched alkanes of at least 4 members (excludes halogenated alkanes) is 1. The molecule has 0 bridgehead atoms. The van der Waals surface area contributed by atoms with Gasteiger partial charge in [-0.05, 0) is 86.8 Å². The van der Waals surface area contributed by atoms with E-state index < -0.39 is 16.9 Å². The van der Waals surface area contributed by atoms with Crippen LogP contribution in [0.2, 0.25) is 0 Å². The van der Waals surface area contributed by atoms with E-state index in [9.17, 15) is 29.3 Å². The quantitative estimate of drug-likeness (QED) is 0.0167. The molecule has 55 heavy (non-hydrogen) atoms. The number of hydrogen-bond acceptors (Lipinski definition) is 12. The van der Waals surface area contributed by atoms with Gasteiger partial charge in [0.15, 0.2) is 5.78 Å². The van der Waals surface area contributed by atoms with Crippen molar-refractivity contribution in [2.75, 3.05) is 26.9 Å². The molecule has 4 aromatic carbocycles. The van der Waals surface area contributed by atoms with Gasteiger partial charge in [-0.15, -0.1) is 0 Å². The number of oxime groups is 1. The third kappa shape index (κ3) is 10.2. The van der Waals surface area contributed by atoms with Gasteiger partial charge in [0, 0.05) is 61.0 Å². The monoisotopic (exact) mass is 751 g/mol. The second-order valence-electron chi connectivity index (χ2n) is 12.7. The molecule has 0 amide bonds. The van der Waals surface area contributed by atoms with Crippen LogP contribution in [-0.2, 0) is 33.4 Å². The van der Waals surface area contributed by atoms with Gasteiger partial charge in [-0.25, -0.2) is 4.79 Å². The maximum atomic E-state index is 14.0. The van der Waals surface area contributed by atoms with Crippen LogP contribution in [0.5, 0.6) is 5.75 Å². The molecule has 0 aliphatic heterocycles. The molecule has 0 radical (unpaired) electrons. The van der Waals surface area contributed by atoms with Crippen LogP contribution in [0.3, 0.4) is 0 Å². The second-order valence-corrected chi connectivity index (χ2v) is 12.7. The number of para-hydroxylation sites is 1. The van der Waals surface area contributed by atoms with Crippen molar-refractivity contribution in [3.63, 3.8) is 0 Å². The summed E-state index contributed by atoms with van der Waals surface area (Å²) in [7, 11) is 1.53. The van der Waals surface area contributed by atoms with Crippen LogP contribution in [0, 0.1) is 10.1 Å². The van der Waals surface area contributed by atoms with Crippen LogP contribution in [0.1, 0.15) is 67.9 Å². The predicted octanol–water partition coefficient (Wildman–Crippen LogP) is 7.27. The number of non-ortho nitro benzene ring substituents is 1. The Balaban J connectivity index is 1.32. The number of benzene rings is 4. The minimum absolute atomic E-state index is 0.0124. The molecule has 0 aliphatic rings. The van der Waals surface area contributed by atoms with E-state index in [0.717, 1.165) is 21.8 Å². The van der Waals surface area contributed by atoms with Crippen LogP contribution in [0.4, 0.5) is 5.69 Å². The van der Waals surface area contributed by atoms with Crippen LogP contribution >= 0.6 is 0 Å². The van der Waals surface area contributed by atoms with Gasteiger partial charge in [0.1, 0.15) is 25.1 Å². The summed E-state index contributed by atoms with van der Waals surface area (Å²) < 4.78 is 23.3. The van der Waals surface area contributed by atoms with Crippen molar-refractivity contribution in [3.05, 3.63) is 112 Å². The number of esters is 2. The third-order valence-electron chi connectivity index (χ3n) is 8.56. The smallest absolute Gasteiger partial charge is 0.331 e. The molecule has 0 spiro atoms. The molecule has 286 valence electrons. The van der Waals surface area contributed by atoms with E-state index >= 15 is 0 Å². The molecule has 0 fully saturated rings. The molecule has 0 saturated carbocycles. The fourth-order valence-corrected chi connectivity index (χ4v) is 5.98. The maximum Gasteiger partial charge on any atom is 0.331 e. The normalized spacial score (nSPS) is 12.0. The molecule has 0 saturated heterocycles. The van der Waals surface area contributed by atoms with Crippen molar-refractivity contribution in [1.29, 1.82) is 0 Å². The van der Waals surface area contributed by atoms with Crippen LogP contribution in [0.15, 0.2) is 90.1 Å². The highest BCUT2D eigenvalue weighted by atomic mass is 16.7. The molecule has 1 unspecified atom stereocenters. The summed E-state index contributed by atoms with van der Waals surface area (Å²) in [6.07, 6.45) is 0.936. The number of ether oxygens (including phenoxy) is 4. The molecule has 1 atom stereocenters. The van der Waals surface area contributed by atoms with Gasteiger partial charge >= 0.3 is 17.9 Å². The number of carbonyl (C=O) groups is 4. The average molecular weight is 752 g/mol. The number of carbonyl (C=O) groups excluding carboxylic acids is 4. The number of nitrogens with zero attached hydrogens (tertiary/aromatic N) is 3. The molecule has 5 aromatic rings. The highest BCUT2D eigenvalue weighted by Crippen LogP contribution is 2.35. The first-order valence-corrected chi connectivity index (χ1v) is 17.6. The lowest BCUT2D eigenvalue weighted by Crippen LogP contribution is -2.19. The zero-order valence-corrected chi connectivity index (χ0v) is 30.9. The zero-order valence-electron chi connectivity index (χ0n) is 30.9. The Morgan fingerprint density at radius 2 is 1.45 bits per heavy atom. The van der Waals surface area contributed by atoms with E-state index in [0.29, 0.717) is 53.3 Å². The second kappa shape index (κ2) is 18.6. The lowest BCUT2D eigenvalue weighted by atomic mass is 9.99. The average Bonchev–Trinajstić information content (AvgIpc) is 3.50. The molecule has 0 aliphatic carbocycles. The number of aromatic nitrogens is 1. The molecular weight excluding hydrogens is 710 g/mol. The van der Waals surface area contributed by atoms with E-state index in [1.54, 1.807) is 62.4 Å². The van der Waals surface area contributed by atoms with Crippen molar-refractivity contribution < 1.29 is 47.9 Å². The van der Waals surface area contributed by atoms with Gasteiger partial charge in [0.2, 0.25) is 0 Å². The lowest BCUT2D eigenvalue weighted by molar-refractivity contribution is -0.384. The lowest BCUT2D eigenvalue weighted by Gasteiger charge is -2.12. The molecule has 14 nitrogen and oxygen atoms in total. The molecule has 0 N–H and O–H groups in total. The Labute approximate surface area is 316 Å². The Hall–Kier alpha value is -6.41. The van der Waals surface area contributed by atoms with Crippen LogP contribution in [-0.4, -0.2) is 71.9 Å². The summed E-state index contributed by atoms with van der Waals surface area (Å²) in [5.74, 6) is -1.31. The molecule has 5 rings (SSSR count). The van der Waals surface area contributed by atoms with Crippen molar-refractivity contribution >= 4 is 56.9 Å². The number of nitro groups is 1. The van der Waals surface area contributed by atoms with Gasteiger partial charge in [0.25, 0.3) is 5.69 Å². The van der Waals surface area contributed by atoms with Crippen molar-refractivity contribution in [3.8, 4) is 11.4 Å². The fraction of sp³-hybridized carbons (Fsp3) is 0.293. The first-order chi connectivity index (χ1) is 26.5. The Morgan fingerprint density at radius 3 is 2.11 bits per heavy atom. The van der Waals surface area contributed by atoms with Gasteiger partial charge in [0.05, 0.1) is 33.8 Å². The third-order valence-corrected chi connectivity index (χ3v) is 8.56.